The summed E-state index contributed by atoms with van der Waals surface area (Å²) in [5, 5.41) is 16.4. The van der Waals surface area contributed by atoms with Crippen LogP contribution in [0.3, 0.4) is 0 Å². The summed E-state index contributed by atoms with van der Waals surface area (Å²) in [6.07, 6.45) is -0.741. The van der Waals surface area contributed by atoms with E-state index in [-0.39, 0.29) is 11.7 Å². The van der Waals surface area contributed by atoms with Gasteiger partial charge in [-0.2, -0.15) is 13.2 Å². The van der Waals surface area contributed by atoms with Gasteiger partial charge in [0.25, 0.3) is 11.6 Å². The third kappa shape index (κ3) is 6.33. The van der Waals surface area contributed by atoms with Crippen molar-refractivity contribution in [3.05, 3.63) is 33.9 Å². The third-order valence-corrected chi connectivity index (χ3v) is 5.05. The smallest absolute Gasteiger partial charge is 0.416 e. The molecule has 1 aromatic carbocycles. The van der Waals surface area contributed by atoms with E-state index in [0.717, 1.165) is 31.7 Å². The number of hydrogen-bond acceptors (Lipinski definition) is 6. The van der Waals surface area contributed by atoms with Gasteiger partial charge in [-0.3, -0.25) is 14.9 Å². The number of nitro groups is 1. The minimum Gasteiger partial charge on any atom is -0.454 e. The first-order valence-corrected chi connectivity index (χ1v) is 9.57. The number of rotatable bonds is 7. The van der Waals surface area contributed by atoms with Gasteiger partial charge < -0.3 is 15.4 Å². The Hall–Kier alpha value is -2.85. The van der Waals surface area contributed by atoms with E-state index in [1.165, 1.54) is 6.92 Å². The van der Waals surface area contributed by atoms with Crippen molar-refractivity contribution in [1.82, 2.24) is 5.32 Å². The molecule has 1 aliphatic rings. The van der Waals surface area contributed by atoms with E-state index < -0.39 is 46.9 Å². The van der Waals surface area contributed by atoms with E-state index in [1.54, 1.807) is 0 Å². The number of alkyl halides is 3. The predicted molar refractivity (Wildman–Crippen MR) is 102 cm³/mol. The first kappa shape index (κ1) is 23.4. The van der Waals surface area contributed by atoms with E-state index >= 15 is 0 Å². The number of halogens is 3. The topological polar surface area (TPSA) is 111 Å². The zero-order valence-electron chi connectivity index (χ0n) is 16.6. The van der Waals surface area contributed by atoms with Crippen LogP contribution in [0.15, 0.2) is 18.2 Å². The highest BCUT2D eigenvalue weighted by molar-refractivity contribution is 5.84. The number of esters is 1. The fraction of sp³-hybridized carbons (Fsp3) is 0.579. The summed E-state index contributed by atoms with van der Waals surface area (Å²) in [6.45, 7) is 2.85. The Bertz CT molecular complexity index is 800. The lowest BCUT2D eigenvalue weighted by Crippen LogP contribution is -2.43. The lowest BCUT2D eigenvalue weighted by molar-refractivity contribution is -0.384. The highest BCUT2D eigenvalue weighted by atomic mass is 19.4. The van der Waals surface area contributed by atoms with E-state index in [2.05, 4.69) is 10.6 Å². The van der Waals surface area contributed by atoms with Crippen LogP contribution in [0.25, 0.3) is 0 Å². The Kier molecular flexibility index (Phi) is 7.63. The van der Waals surface area contributed by atoms with Gasteiger partial charge in [-0.1, -0.05) is 19.8 Å². The normalized spacial score (nSPS) is 20.2. The molecule has 1 aliphatic carbocycles. The van der Waals surface area contributed by atoms with Crippen molar-refractivity contribution in [2.45, 2.75) is 57.8 Å². The summed E-state index contributed by atoms with van der Waals surface area (Å²) < 4.78 is 43.2. The van der Waals surface area contributed by atoms with Gasteiger partial charge in [-0.15, -0.1) is 0 Å². The molecular formula is C19H24F3N3O5. The monoisotopic (exact) mass is 431 g/mol. The van der Waals surface area contributed by atoms with Gasteiger partial charge in [0.2, 0.25) is 0 Å². The summed E-state index contributed by atoms with van der Waals surface area (Å²) in [5.41, 5.74) is -2.27. The van der Waals surface area contributed by atoms with Gasteiger partial charge in [0, 0.05) is 12.1 Å². The van der Waals surface area contributed by atoms with Crippen molar-refractivity contribution in [3.8, 4) is 0 Å². The van der Waals surface area contributed by atoms with Gasteiger partial charge in [-0.25, -0.2) is 4.79 Å². The molecule has 1 aromatic rings. The number of carbonyl (C=O) groups excluding carboxylic acids is 2. The molecule has 2 N–H and O–H groups in total. The number of anilines is 1. The molecule has 0 unspecified atom stereocenters. The summed E-state index contributed by atoms with van der Waals surface area (Å²) >= 11 is 0. The molecule has 0 radical (unpaired) electrons. The molecule has 166 valence electrons. The van der Waals surface area contributed by atoms with Gasteiger partial charge in [0.1, 0.15) is 11.7 Å². The average molecular weight is 431 g/mol. The Balaban J connectivity index is 1.93. The quantitative estimate of drug-likeness (QED) is 0.387. The van der Waals surface area contributed by atoms with Crippen molar-refractivity contribution < 1.29 is 32.4 Å². The van der Waals surface area contributed by atoms with Crippen molar-refractivity contribution in [2.24, 2.45) is 5.92 Å². The standard InChI is InChI=1S/C19H24F3N3O5/c1-11-5-3-4-6-14(11)24-17(26)10-30-18(27)12(2)23-15-8-7-13(19(20,21)22)9-16(15)25(28)29/h7-9,11-12,14,23H,3-6,10H2,1-2H3,(H,24,26)/t11-,12-,14-/m0/s1. The number of hydrogen-bond donors (Lipinski definition) is 2. The molecule has 0 heterocycles. The molecule has 0 aromatic heterocycles. The molecule has 30 heavy (non-hydrogen) atoms. The third-order valence-electron chi connectivity index (χ3n) is 5.05. The van der Waals surface area contributed by atoms with Crippen molar-refractivity contribution in [2.75, 3.05) is 11.9 Å². The summed E-state index contributed by atoms with van der Waals surface area (Å²) in [6, 6.07) is 0.838. The maximum Gasteiger partial charge on any atom is 0.416 e. The van der Waals surface area contributed by atoms with Gasteiger partial charge in [-0.05, 0) is 37.8 Å². The van der Waals surface area contributed by atoms with Gasteiger partial charge in [0.15, 0.2) is 6.61 Å². The molecule has 0 spiro atoms. The largest absolute Gasteiger partial charge is 0.454 e. The molecule has 0 saturated heterocycles. The number of ether oxygens (including phenoxy) is 1. The van der Waals surface area contributed by atoms with Crippen LogP contribution in [0.1, 0.15) is 45.1 Å². The lowest BCUT2D eigenvalue weighted by Gasteiger charge is -2.29. The Morgan fingerprint density at radius 3 is 2.57 bits per heavy atom. The van der Waals surface area contributed by atoms with Crippen LogP contribution in [-0.2, 0) is 20.5 Å². The number of nitro benzene ring substituents is 1. The first-order chi connectivity index (χ1) is 14.0. The maximum absolute atomic E-state index is 12.8. The first-order valence-electron chi connectivity index (χ1n) is 9.57. The van der Waals surface area contributed by atoms with Crippen LogP contribution in [0.4, 0.5) is 24.5 Å². The van der Waals surface area contributed by atoms with Crippen LogP contribution in [0, 0.1) is 16.0 Å². The van der Waals surface area contributed by atoms with Crippen LogP contribution >= 0.6 is 0 Å². The SMILES string of the molecule is C[C@H](Nc1ccc(C(F)(F)F)cc1[N+](=O)[O-])C(=O)OCC(=O)N[C@H]1CCCC[C@@H]1C. The van der Waals surface area contributed by atoms with E-state index in [1.807, 2.05) is 6.92 Å². The number of amides is 1. The molecule has 3 atom stereocenters. The Morgan fingerprint density at radius 2 is 1.97 bits per heavy atom. The minimum atomic E-state index is -4.74. The van der Waals surface area contributed by atoms with Crippen LogP contribution in [0.2, 0.25) is 0 Å². The molecule has 8 nitrogen and oxygen atoms in total. The second-order valence-electron chi connectivity index (χ2n) is 7.40. The molecular weight excluding hydrogens is 407 g/mol. The number of nitrogens with zero attached hydrogens (tertiary/aromatic N) is 1. The molecule has 0 bridgehead atoms. The van der Waals surface area contributed by atoms with E-state index in [0.29, 0.717) is 18.1 Å². The molecule has 11 heteroatoms. The van der Waals surface area contributed by atoms with Gasteiger partial charge in [0.05, 0.1) is 10.5 Å². The molecule has 1 fully saturated rings. The second-order valence-corrected chi connectivity index (χ2v) is 7.40. The summed E-state index contributed by atoms with van der Waals surface area (Å²) in [7, 11) is 0. The summed E-state index contributed by atoms with van der Waals surface area (Å²) in [4.78, 5) is 34.2. The fourth-order valence-corrected chi connectivity index (χ4v) is 3.31. The van der Waals surface area contributed by atoms with Crippen LogP contribution < -0.4 is 10.6 Å². The number of benzene rings is 1. The lowest BCUT2D eigenvalue weighted by atomic mass is 9.86. The van der Waals surface area contributed by atoms with Crippen molar-refractivity contribution in [3.63, 3.8) is 0 Å². The molecule has 2 rings (SSSR count). The van der Waals surface area contributed by atoms with Gasteiger partial charge >= 0.3 is 12.1 Å². The van der Waals surface area contributed by atoms with Crippen molar-refractivity contribution >= 4 is 23.3 Å². The van der Waals surface area contributed by atoms with E-state index in [4.69, 9.17) is 4.74 Å². The fourth-order valence-electron chi connectivity index (χ4n) is 3.31. The highest BCUT2D eigenvalue weighted by Gasteiger charge is 2.33. The Labute approximate surface area is 171 Å². The zero-order valence-corrected chi connectivity index (χ0v) is 16.6. The minimum absolute atomic E-state index is 0.0234. The Morgan fingerprint density at radius 1 is 1.30 bits per heavy atom. The molecule has 1 amide bonds. The number of carbonyl (C=O) groups is 2. The maximum atomic E-state index is 12.8. The highest BCUT2D eigenvalue weighted by Crippen LogP contribution is 2.35. The summed E-state index contributed by atoms with van der Waals surface area (Å²) in [5.74, 6) is -0.981. The zero-order chi connectivity index (χ0) is 22.5. The second kappa shape index (κ2) is 9.77. The van der Waals surface area contributed by atoms with E-state index in [9.17, 15) is 32.9 Å². The number of nitrogens with one attached hydrogen (secondary N) is 2. The predicted octanol–water partition coefficient (Wildman–Crippen LogP) is 3.65. The van der Waals surface area contributed by atoms with Crippen LogP contribution in [-0.4, -0.2) is 35.5 Å². The van der Waals surface area contributed by atoms with Crippen molar-refractivity contribution in [1.29, 1.82) is 0 Å². The molecule has 0 aliphatic heterocycles. The average Bonchev–Trinajstić information content (AvgIpc) is 2.67. The molecule has 1 saturated carbocycles. The van der Waals surface area contributed by atoms with Crippen LogP contribution in [0.5, 0.6) is 0 Å².